The molecule has 1 unspecified atom stereocenters. The largest absolute Gasteiger partial charge is 0.477 e. The van der Waals surface area contributed by atoms with Gasteiger partial charge in [-0.2, -0.15) is 0 Å². The number of thioether (sulfide) groups is 1. The van der Waals surface area contributed by atoms with Gasteiger partial charge in [-0.15, -0.1) is 21.5 Å². The molecule has 2 aliphatic heterocycles. The number of alkyl halides is 1. The number of hydrogen-bond acceptors (Lipinski definition) is 12. The highest BCUT2D eigenvalue weighted by Crippen LogP contribution is 2.43. The fourth-order valence-electron chi connectivity index (χ4n) is 3.40. The summed E-state index contributed by atoms with van der Waals surface area (Å²) in [6.45, 7) is -1.17. The Morgan fingerprint density at radius 2 is 2.27 bits per heavy atom. The van der Waals surface area contributed by atoms with E-state index in [0.29, 0.717) is 22.1 Å². The Morgan fingerprint density at radius 3 is 2.91 bits per heavy atom. The maximum atomic E-state index is 12.9. The third kappa shape index (κ3) is 4.67. The van der Waals surface area contributed by atoms with Gasteiger partial charge in [0.2, 0.25) is 0 Å². The Morgan fingerprint density at radius 1 is 1.45 bits per heavy atom. The maximum absolute atomic E-state index is 12.9. The predicted molar refractivity (Wildman–Crippen MR) is 117 cm³/mol. The SMILES string of the molecule is Nc1nc(C(=NOCCF)C(=O)N[C@@H]2C(=O)N3C(C(=O)O)=C(Sc4nncs4)CCC23)cs1. The summed E-state index contributed by atoms with van der Waals surface area (Å²) in [5.74, 6) is -2.58. The molecule has 16 heteroatoms. The number of hydrogen-bond donors (Lipinski definition) is 3. The van der Waals surface area contributed by atoms with Gasteiger partial charge in [0.25, 0.3) is 11.8 Å². The van der Waals surface area contributed by atoms with Gasteiger partial charge in [0, 0.05) is 10.3 Å². The van der Waals surface area contributed by atoms with E-state index < -0.39 is 36.5 Å². The Balaban J connectivity index is 1.52. The van der Waals surface area contributed by atoms with E-state index in [1.165, 1.54) is 27.1 Å². The van der Waals surface area contributed by atoms with Gasteiger partial charge in [-0.3, -0.25) is 14.5 Å². The first-order valence-corrected chi connectivity index (χ1v) is 12.0. The normalized spacial score (nSPS) is 20.3. The third-order valence-corrected chi connectivity index (χ3v) is 7.33. The minimum Gasteiger partial charge on any atom is -0.477 e. The molecule has 4 rings (SSSR count). The number of carboxylic acids is 1. The standard InChI is InChI=1S/C17H16FN7O5S3/c18-3-4-30-24-10(7-5-31-16(19)21-7)13(26)22-11-8-1-2-9(33-17-23-20-6-32-17)12(15(28)29)25(8)14(11)27/h5-6,8,11H,1-4H2,(H2,19,21)(H,22,26)(H,28,29)/t8?,11-/m0/s1. The second-order valence-electron chi connectivity index (χ2n) is 6.68. The molecule has 0 radical (unpaired) electrons. The molecule has 0 saturated carbocycles. The number of carbonyl (C=O) groups is 3. The zero-order valence-electron chi connectivity index (χ0n) is 16.6. The van der Waals surface area contributed by atoms with Crippen LogP contribution in [0.25, 0.3) is 0 Å². The number of aliphatic carboxylic acids is 1. The number of nitrogens with one attached hydrogen (secondary N) is 1. The van der Waals surface area contributed by atoms with E-state index in [2.05, 4.69) is 25.7 Å². The lowest BCUT2D eigenvalue weighted by atomic mass is 9.86. The van der Waals surface area contributed by atoms with Gasteiger partial charge >= 0.3 is 5.97 Å². The zero-order chi connectivity index (χ0) is 23.5. The lowest BCUT2D eigenvalue weighted by Crippen LogP contribution is -2.72. The summed E-state index contributed by atoms with van der Waals surface area (Å²) >= 11 is 3.49. The number of rotatable bonds is 9. The van der Waals surface area contributed by atoms with Gasteiger partial charge in [0.15, 0.2) is 15.2 Å². The third-order valence-electron chi connectivity index (χ3n) is 4.74. The zero-order valence-corrected chi connectivity index (χ0v) is 19.1. The van der Waals surface area contributed by atoms with Crippen LogP contribution in [0.4, 0.5) is 9.52 Å². The molecule has 33 heavy (non-hydrogen) atoms. The van der Waals surface area contributed by atoms with Gasteiger partial charge in [-0.05, 0) is 12.8 Å². The van der Waals surface area contributed by atoms with Crippen molar-refractivity contribution in [1.82, 2.24) is 25.4 Å². The van der Waals surface area contributed by atoms with Crippen molar-refractivity contribution < 1.29 is 28.7 Å². The van der Waals surface area contributed by atoms with Crippen molar-refractivity contribution in [2.24, 2.45) is 5.16 Å². The number of nitrogens with two attached hydrogens (primary N) is 1. The van der Waals surface area contributed by atoms with Crippen molar-refractivity contribution in [3.8, 4) is 0 Å². The van der Waals surface area contributed by atoms with Crippen molar-refractivity contribution in [2.75, 3.05) is 19.0 Å². The number of anilines is 1. The average molecular weight is 514 g/mol. The van der Waals surface area contributed by atoms with Crippen LogP contribution in [0.1, 0.15) is 18.5 Å². The molecule has 1 fully saturated rings. The number of nitrogen functional groups attached to an aromatic ring is 1. The number of β-lactam (4-membered cyclic amide) rings is 1. The quantitative estimate of drug-likeness (QED) is 0.189. The molecule has 12 nitrogen and oxygen atoms in total. The summed E-state index contributed by atoms with van der Waals surface area (Å²) < 4.78 is 12.9. The number of fused-ring (bicyclic) bond motifs is 1. The number of carbonyl (C=O) groups excluding carboxylic acids is 2. The van der Waals surface area contributed by atoms with E-state index in [-0.39, 0.29) is 28.8 Å². The van der Waals surface area contributed by atoms with Crippen LogP contribution in [0.15, 0.2) is 31.0 Å². The molecule has 4 N–H and O–H groups in total. The highest BCUT2D eigenvalue weighted by atomic mass is 32.2. The highest BCUT2D eigenvalue weighted by Gasteiger charge is 2.54. The van der Waals surface area contributed by atoms with Crippen LogP contribution >= 0.6 is 34.4 Å². The molecule has 2 amide bonds. The van der Waals surface area contributed by atoms with Crippen molar-refractivity contribution in [3.05, 3.63) is 27.2 Å². The Kier molecular flexibility index (Phi) is 6.85. The Labute approximate surface area is 197 Å². The molecule has 0 aliphatic carbocycles. The summed E-state index contributed by atoms with van der Waals surface area (Å²) in [7, 11) is 0. The first kappa shape index (κ1) is 23.1. The van der Waals surface area contributed by atoms with Crippen molar-refractivity contribution in [1.29, 1.82) is 0 Å². The van der Waals surface area contributed by atoms with Crippen molar-refractivity contribution >= 4 is 63.1 Å². The first-order chi connectivity index (χ1) is 15.9. The topological polar surface area (TPSA) is 173 Å². The summed E-state index contributed by atoms with van der Waals surface area (Å²) in [6, 6.07) is -1.50. The number of allylic oxidation sites excluding steroid dienone is 1. The van der Waals surface area contributed by atoms with Crippen LogP contribution in [-0.4, -0.2) is 74.0 Å². The minimum atomic E-state index is -1.25. The van der Waals surface area contributed by atoms with E-state index >= 15 is 0 Å². The Bertz CT molecular complexity index is 1140. The lowest BCUT2D eigenvalue weighted by molar-refractivity contribution is -0.155. The molecule has 1 saturated heterocycles. The minimum absolute atomic E-state index is 0.114. The lowest BCUT2D eigenvalue weighted by Gasteiger charge is -2.49. The van der Waals surface area contributed by atoms with E-state index in [0.717, 1.165) is 23.1 Å². The van der Waals surface area contributed by atoms with Gasteiger partial charge in [-0.25, -0.2) is 14.2 Å². The van der Waals surface area contributed by atoms with Crippen LogP contribution in [0.2, 0.25) is 0 Å². The molecule has 2 aromatic heterocycles. The fraction of sp³-hybridized carbons (Fsp3) is 0.353. The molecule has 4 heterocycles. The van der Waals surface area contributed by atoms with Crippen molar-refractivity contribution in [3.63, 3.8) is 0 Å². The molecule has 0 bridgehead atoms. The van der Waals surface area contributed by atoms with Crippen LogP contribution in [-0.2, 0) is 19.2 Å². The fourth-order valence-corrected chi connectivity index (χ4v) is 5.65. The first-order valence-electron chi connectivity index (χ1n) is 9.42. The van der Waals surface area contributed by atoms with E-state index in [1.54, 1.807) is 0 Å². The summed E-state index contributed by atoms with van der Waals surface area (Å²) in [6.07, 6.45) is 0.818. The highest BCUT2D eigenvalue weighted by molar-refractivity contribution is 8.04. The van der Waals surface area contributed by atoms with E-state index in [9.17, 15) is 23.9 Å². The predicted octanol–water partition coefficient (Wildman–Crippen LogP) is 0.845. The molecule has 2 atom stereocenters. The number of thiazole rings is 1. The molecular weight excluding hydrogens is 497 g/mol. The van der Waals surface area contributed by atoms with Crippen molar-refractivity contribution in [2.45, 2.75) is 29.3 Å². The monoisotopic (exact) mass is 513 g/mol. The molecule has 0 spiro atoms. The second-order valence-corrected chi connectivity index (χ2v) is 9.75. The van der Waals surface area contributed by atoms with Gasteiger partial charge in [0.1, 0.15) is 36.2 Å². The van der Waals surface area contributed by atoms with Crippen LogP contribution < -0.4 is 11.1 Å². The summed E-state index contributed by atoms with van der Waals surface area (Å²) in [4.78, 5) is 48.1. The summed E-state index contributed by atoms with van der Waals surface area (Å²) in [5, 5.41) is 25.2. The average Bonchev–Trinajstić information content (AvgIpc) is 3.46. The van der Waals surface area contributed by atoms with E-state index in [1.807, 2.05) is 0 Å². The number of nitrogens with zero attached hydrogens (tertiary/aromatic N) is 5. The molecule has 174 valence electrons. The smallest absolute Gasteiger partial charge is 0.353 e. The number of carboxylic acid groups (broad SMARTS) is 1. The maximum Gasteiger partial charge on any atom is 0.353 e. The second kappa shape index (κ2) is 9.80. The molecular formula is C17H16FN7O5S3. The number of oxime groups is 1. The number of aromatic nitrogens is 3. The molecule has 2 aliphatic rings. The number of halogens is 1. The van der Waals surface area contributed by atoms with Crippen LogP contribution in [0.3, 0.4) is 0 Å². The Hall–Kier alpha value is -3.11. The van der Waals surface area contributed by atoms with Gasteiger partial charge in [0.05, 0.1) is 6.04 Å². The van der Waals surface area contributed by atoms with Gasteiger partial charge in [-0.1, -0.05) is 28.3 Å². The van der Waals surface area contributed by atoms with Crippen LogP contribution in [0.5, 0.6) is 0 Å². The molecule has 0 aromatic carbocycles. The molecule has 2 aromatic rings. The number of amides is 2. The van der Waals surface area contributed by atoms with Gasteiger partial charge < -0.3 is 21.0 Å². The summed E-state index contributed by atoms with van der Waals surface area (Å²) in [5.41, 5.74) is 6.86. The van der Waals surface area contributed by atoms with Crippen LogP contribution in [0, 0.1) is 0 Å². The van der Waals surface area contributed by atoms with E-state index in [4.69, 9.17) is 10.6 Å².